The first-order valence-corrected chi connectivity index (χ1v) is 1.24. The normalized spacial score (nSPS) is 3.25. The third-order valence-corrected chi connectivity index (χ3v) is 0. The molecule has 0 aliphatic rings. The minimum Gasteiger partial charge on any atom is -1.00 e. The summed E-state index contributed by atoms with van der Waals surface area (Å²) in [6, 6.07) is 0.667. The van der Waals surface area contributed by atoms with Gasteiger partial charge in [0.1, 0.15) is 6.03 Å². The molecule has 4 heavy (non-hydrogen) atoms. The van der Waals surface area contributed by atoms with Crippen molar-refractivity contribution in [2.45, 2.75) is 0 Å². The summed E-state index contributed by atoms with van der Waals surface area (Å²) < 4.78 is 0. The summed E-state index contributed by atoms with van der Waals surface area (Å²) in [6.07, 6.45) is 0. The minimum absolute atomic E-state index is 0. The molecule has 1 nitrogen and oxygen atoms in total. The molecule has 0 saturated heterocycles. The van der Waals surface area contributed by atoms with Crippen LogP contribution in [0.5, 0.6) is 0 Å². The molecular weight excluding hydrogens is 99.1 g/mol. The molecule has 22 valence electrons. The second kappa shape index (κ2) is 8.84. The van der Waals surface area contributed by atoms with Crippen LogP contribution in [0.25, 0.3) is 0 Å². The Kier molecular flexibility index (Phi) is 19.9. The Balaban J connectivity index is -0.00000000667. The van der Waals surface area contributed by atoms with Crippen LogP contribution >= 0.6 is 9.24 Å². The Morgan fingerprint density at radius 2 is 2.00 bits per heavy atom. The molecule has 0 rings (SSSR count). The molecule has 0 radical (unpaired) electrons. The van der Waals surface area contributed by atoms with Gasteiger partial charge in [-0.25, -0.2) is 0 Å². The molecular formula is CH5CaOP. The van der Waals surface area contributed by atoms with Crippen LogP contribution in [0.15, 0.2) is 0 Å². The number of hydrogen-bond donors (Lipinski definition) is 0. The van der Waals surface area contributed by atoms with E-state index in [4.69, 9.17) is 4.79 Å². The van der Waals surface area contributed by atoms with E-state index in [1.165, 1.54) is 0 Å². The second-order valence-electron chi connectivity index (χ2n) is 0.136. The maximum absolute atomic E-state index is 8.77. The van der Waals surface area contributed by atoms with Crippen molar-refractivity contribution in [2.75, 3.05) is 0 Å². The maximum atomic E-state index is 8.77. The maximum Gasteiger partial charge on any atom is 2.00 e. The standard InChI is InChI=1S/CH3OP.Ca.2H/c2-1-3;;;/h1H,3H2;;;/q;+2;2*-1. The van der Waals surface area contributed by atoms with Crippen molar-refractivity contribution in [2.24, 2.45) is 0 Å². The molecule has 1 unspecified atom stereocenters. The Bertz CT molecular complexity index is 21.0. The van der Waals surface area contributed by atoms with Gasteiger partial charge in [-0.2, -0.15) is 0 Å². The zero-order chi connectivity index (χ0) is 2.71. The smallest absolute Gasteiger partial charge is 1.00 e. The summed E-state index contributed by atoms with van der Waals surface area (Å²) >= 11 is 0. The van der Waals surface area contributed by atoms with Crippen LogP contribution in [0, 0.1) is 0 Å². The molecule has 1 atom stereocenters. The third-order valence-electron chi connectivity index (χ3n) is 0. The van der Waals surface area contributed by atoms with Crippen molar-refractivity contribution in [3.05, 3.63) is 0 Å². The van der Waals surface area contributed by atoms with Gasteiger partial charge in [-0.05, 0) is 0 Å². The molecule has 0 saturated carbocycles. The molecule has 0 aromatic carbocycles. The van der Waals surface area contributed by atoms with Crippen LogP contribution in [0.3, 0.4) is 0 Å². The van der Waals surface area contributed by atoms with Gasteiger partial charge in [0.2, 0.25) is 0 Å². The molecule has 0 heterocycles. The van der Waals surface area contributed by atoms with Crippen LogP contribution in [-0.4, -0.2) is 43.8 Å². The fourth-order valence-corrected chi connectivity index (χ4v) is 0. The van der Waals surface area contributed by atoms with E-state index in [2.05, 4.69) is 0 Å². The van der Waals surface area contributed by atoms with Crippen LogP contribution in [0.1, 0.15) is 2.85 Å². The zero-order valence-electron chi connectivity index (χ0n) is 4.27. The number of rotatable bonds is 0. The van der Waals surface area contributed by atoms with E-state index in [1.807, 2.05) is 9.24 Å². The minimum atomic E-state index is 0. The summed E-state index contributed by atoms with van der Waals surface area (Å²) in [4.78, 5) is 8.77. The van der Waals surface area contributed by atoms with Gasteiger partial charge in [-0.3, -0.25) is 4.79 Å². The molecule has 0 aromatic rings. The van der Waals surface area contributed by atoms with Gasteiger partial charge in [-0.1, -0.05) is 9.24 Å². The van der Waals surface area contributed by atoms with Crippen LogP contribution in [-0.2, 0) is 4.79 Å². The molecule has 0 amide bonds. The van der Waals surface area contributed by atoms with Gasteiger partial charge in [0.05, 0.1) is 0 Å². The predicted octanol–water partition coefficient (Wildman–Crippen LogP) is -0.104. The summed E-state index contributed by atoms with van der Waals surface area (Å²) in [7, 11) is 1.90. The van der Waals surface area contributed by atoms with E-state index in [0.717, 1.165) is 0 Å². The van der Waals surface area contributed by atoms with Crippen molar-refractivity contribution >= 4 is 53.0 Å². The Labute approximate surface area is 60.3 Å². The quantitative estimate of drug-likeness (QED) is 0.238. The summed E-state index contributed by atoms with van der Waals surface area (Å²) in [6.45, 7) is 0. The summed E-state index contributed by atoms with van der Waals surface area (Å²) in [5, 5.41) is 0. The fraction of sp³-hybridized carbons (Fsp3) is 0. The van der Waals surface area contributed by atoms with Crippen LogP contribution in [0.2, 0.25) is 0 Å². The van der Waals surface area contributed by atoms with Gasteiger partial charge < -0.3 is 2.85 Å². The van der Waals surface area contributed by atoms with E-state index in [0.29, 0.717) is 6.03 Å². The van der Waals surface area contributed by atoms with Gasteiger partial charge in [0, 0.05) is 0 Å². The predicted molar refractivity (Wildman–Crippen MR) is 24.4 cm³/mol. The monoisotopic (exact) mass is 104 g/mol. The first kappa shape index (κ1) is 9.03. The van der Waals surface area contributed by atoms with Gasteiger partial charge >= 0.3 is 37.7 Å². The number of carbonyl (C=O) groups is 1. The van der Waals surface area contributed by atoms with Crippen molar-refractivity contribution in [3.63, 3.8) is 0 Å². The Hall–Kier alpha value is 1.36. The molecule has 3 heteroatoms. The van der Waals surface area contributed by atoms with E-state index in [9.17, 15) is 0 Å². The molecule has 0 fully saturated rings. The van der Waals surface area contributed by atoms with Crippen molar-refractivity contribution in [1.29, 1.82) is 0 Å². The SMILES string of the molecule is O=CP.[Ca+2].[H-].[H-]. The van der Waals surface area contributed by atoms with Gasteiger partial charge in [-0.15, -0.1) is 0 Å². The van der Waals surface area contributed by atoms with Crippen molar-refractivity contribution in [1.82, 2.24) is 0 Å². The molecule has 0 aromatic heterocycles. The van der Waals surface area contributed by atoms with Crippen LogP contribution < -0.4 is 0 Å². The number of carbonyl (C=O) groups excluding carboxylic acids is 1. The number of hydrogen-bond acceptors (Lipinski definition) is 1. The van der Waals surface area contributed by atoms with E-state index in [1.54, 1.807) is 0 Å². The average molecular weight is 104 g/mol. The molecule has 0 aliphatic carbocycles. The van der Waals surface area contributed by atoms with Crippen molar-refractivity contribution < 1.29 is 7.65 Å². The van der Waals surface area contributed by atoms with E-state index < -0.39 is 0 Å². The first-order valence-electron chi connectivity index (χ1n) is 0.569. The fourth-order valence-electron chi connectivity index (χ4n) is 0. The van der Waals surface area contributed by atoms with E-state index in [-0.39, 0.29) is 40.6 Å². The van der Waals surface area contributed by atoms with Gasteiger partial charge in [0.25, 0.3) is 0 Å². The van der Waals surface area contributed by atoms with Crippen LogP contribution in [0.4, 0.5) is 0 Å². The molecule has 0 bridgehead atoms. The average Bonchev–Trinajstić information content (AvgIpc) is 0.918. The molecule has 0 N–H and O–H groups in total. The largest absolute Gasteiger partial charge is 2.00 e. The Morgan fingerprint density at radius 3 is 2.00 bits per heavy atom. The first-order chi connectivity index (χ1) is 1.41. The van der Waals surface area contributed by atoms with Crippen molar-refractivity contribution in [3.8, 4) is 0 Å². The zero-order valence-corrected chi connectivity index (χ0v) is 5.63. The van der Waals surface area contributed by atoms with E-state index >= 15 is 0 Å². The molecule has 0 aliphatic heterocycles. The third kappa shape index (κ3) is 10.1. The second-order valence-corrected chi connectivity index (χ2v) is 0.408. The van der Waals surface area contributed by atoms with Gasteiger partial charge in [0.15, 0.2) is 0 Å². The summed E-state index contributed by atoms with van der Waals surface area (Å²) in [5.74, 6) is 0. The summed E-state index contributed by atoms with van der Waals surface area (Å²) in [5.41, 5.74) is 0. The molecule has 0 spiro atoms. The Morgan fingerprint density at radius 1 is 2.00 bits per heavy atom. The topological polar surface area (TPSA) is 17.1 Å².